The fourth-order valence-corrected chi connectivity index (χ4v) is 11.0. The van der Waals surface area contributed by atoms with Gasteiger partial charge in [0.2, 0.25) is 40.9 Å². The third-order valence-corrected chi connectivity index (χ3v) is 17.9. The molecular weight excluding hydrogens is 1280 g/mol. The Hall–Kier alpha value is -7.77. The van der Waals surface area contributed by atoms with Crippen LogP contribution in [0.4, 0.5) is 0 Å². The first-order chi connectivity index (χ1) is 47.4. The number of H-pyrrole nitrogens is 1. The van der Waals surface area contributed by atoms with Crippen molar-refractivity contribution in [1.82, 2.24) is 37.1 Å². The van der Waals surface area contributed by atoms with Gasteiger partial charge in [-0.2, -0.15) is 0 Å². The van der Waals surface area contributed by atoms with Crippen LogP contribution in [0.3, 0.4) is 0 Å². The molecule has 0 fully saturated rings. The van der Waals surface area contributed by atoms with Crippen LogP contribution < -0.4 is 49.5 Å². The second-order valence-electron chi connectivity index (χ2n) is 28.1. The van der Waals surface area contributed by atoms with Gasteiger partial charge in [0.1, 0.15) is 35.2 Å². The SMILES string of the molecule is CC(=O)[C@H](Cc1c[nH]c2ccccc12)NC(C)C(=O)C(=O)[C@H](Cc1ccc(O)cc1)NN.CC(C)=O.CC[C@@H](CC(C)C)C(=O)N[C@@](C)(CCC/C=C/CCCCCC[C@@](C)(N[C@@H](CC(C)C)C(=O)C(=O)[C@@H](NC(=O)[C@H](Cc1ccccc1)NN)[C@@H](C)O)C(C)=O)C(C)=O.CC[C@H](C)C(N)=O. The van der Waals surface area contributed by atoms with Crippen LogP contribution in [0.25, 0.3) is 10.9 Å². The van der Waals surface area contributed by atoms with Crippen molar-refractivity contribution in [2.45, 2.75) is 267 Å². The van der Waals surface area contributed by atoms with Crippen molar-refractivity contribution in [3.05, 3.63) is 114 Å². The minimum absolute atomic E-state index is 0.00225. The van der Waals surface area contributed by atoms with E-state index in [0.717, 1.165) is 91.8 Å². The molecule has 11 atom stereocenters. The maximum absolute atomic E-state index is 13.8. The molecule has 101 heavy (non-hydrogen) atoms. The molecule has 0 saturated heterocycles. The number of aromatic nitrogens is 1. The average Bonchev–Trinajstić information content (AvgIpc) is 1.18. The lowest BCUT2D eigenvalue weighted by Crippen LogP contribution is -2.61. The van der Waals surface area contributed by atoms with Gasteiger partial charge in [0.15, 0.2) is 5.78 Å². The summed E-state index contributed by atoms with van der Waals surface area (Å²) in [6.07, 6.45) is 15.3. The summed E-state index contributed by atoms with van der Waals surface area (Å²) in [6.45, 7) is 27.8. The number of rotatable bonds is 44. The zero-order valence-corrected chi connectivity index (χ0v) is 63.0. The second-order valence-corrected chi connectivity index (χ2v) is 28.1. The molecule has 23 nitrogen and oxygen atoms in total. The number of hydrogen-bond donors (Lipinski definition) is 12. The van der Waals surface area contributed by atoms with Crippen molar-refractivity contribution >= 4 is 74.9 Å². The number of benzene rings is 3. The quantitative estimate of drug-likeness (QED) is 0.00647. The molecule has 1 unspecified atom stereocenters. The Kier molecular flexibility index (Phi) is 42.8. The summed E-state index contributed by atoms with van der Waals surface area (Å²) in [6, 6.07) is 17.5. The topological polar surface area (TPSA) is 394 Å². The largest absolute Gasteiger partial charge is 0.508 e. The smallest absolute Gasteiger partial charge is 0.239 e. The molecule has 23 heteroatoms. The van der Waals surface area contributed by atoms with Crippen molar-refractivity contribution in [3.8, 4) is 5.75 Å². The summed E-state index contributed by atoms with van der Waals surface area (Å²) in [7, 11) is 0. The van der Waals surface area contributed by atoms with Crippen molar-refractivity contribution in [2.24, 2.45) is 41.1 Å². The molecular formula is C78H122N10O13. The molecule has 4 aromatic rings. The van der Waals surface area contributed by atoms with Gasteiger partial charge in [0.25, 0.3) is 0 Å². The third kappa shape index (κ3) is 34.2. The van der Waals surface area contributed by atoms with Crippen molar-refractivity contribution in [2.75, 3.05) is 0 Å². The number of hydrazine groups is 2. The number of ketones is 8. The number of aromatic hydroxyl groups is 1. The van der Waals surface area contributed by atoms with Crippen LogP contribution in [-0.2, 0) is 72.0 Å². The Morgan fingerprint density at radius 3 is 1.58 bits per heavy atom. The van der Waals surface area contributed by atoms with Gasteiger partial charge in [-0.3, -0.25) is 70.3 Å². The first kappa shape index (κ1) is 91.2. The normalized spacial score (nSPS) is 15.1. The van der Waals surface area contributed by atoms with E-state index in [-0.39, 0.29) is 77.7 Å². The number of aliphatic hydroxyl groups is 1. The van der Waals surface area contributed by atoms with Gasteiger partial charge in [-0.15, -0.1) is 0 Å². The number of primary amides is 1. The summed E-state index contributed by atoms with van der Waals surface area (Å²) >= 11 is 0. The molecule has 0 radical (unpaired) electrons. The van der Waals surface area contributed by atoms with E-state index in [0.29, 0.717) is 25.2 Å². The van der Waals surface area contributed by atoms with E-state index < -0.39 is 82.5 Å². The highest BCUT2D eigenvalue weighted by Gasteiger charge is 2.41. The first-order valence-corrected chi connectivity index (χ1v) is 35.7. The standard InChI is InChI=1S/C46H77N5O7.C24H28N4O4.C5H11NO.C3H6O/c1-11-37(28-31(2)3)43(57)50-46(10,35(8)54)27-23-18-16-14-12-13-15-17-22-26-45(9,34(7)53)49-38(29-32(4)5)41(55)42(56)40(33(6)52)48-44(58)39(51-47)30-36-24-20-19-21-25-36;1-14(23(31)24(32)22(28-25)11-16-7-9-18(30)10-8-16)27-21(15(2)29)12-17-13-26-20-6-4-3-5-19(17)20;1-3-4(2)5(6)7;1-3(2)4/h14,16,19-21,24-25,31-33,37-40,49,51-52H,11-13,15,17-18,22-23,26-30,47H2,1-10H3,(H,48,58)(H,50,57);3-10,13-14,21-22,26-28,30H,11-12,25H2,1-2H3;4H,3H2,1-2H3,(H2,6,7);1-2H3/b16-14+;;;/t33-,37+,38+,39+,40+,45-,46+;14?,21-,22-;4-;/m100./s1. The van der Waals surface area contributed by atoms with Gasteiger partial charge in [0.05, 0.1) is 41.3 Å². The van der Waals surface area contributed by atoms with Crippen molar-refractivity contribution in [3.63, 3.8) is 0 Å². The average molecular weight is 1410 g/mol. The van der Waals surface area contributed by atoms with Gasteiger partial charge >= 0.3 is 0 Å². The lowest BCUT2D eigenvalue weighted by atomic mass is 9.86. The molecule has 15 N–H and O–H groups in total. The van der Waals surface area contributed by atoms with Crippen LogP contribution in [0, 0.1) is 23.7 Å². The number of allylic oxidation sites excluding steroid dienone is 2. The highest BCUT2D eigenvalue weighted by Crippen LogP contribution is 2.25. The number of aliphatic hydroxyl groups excluding tert-OH is 1. The van der Waals surface area contributed by atoms with E-state index >= 15 is 0 Å². The number of para-hydroxylation sites is 1. The predicted molar refractivity (Wildman–Crippen MR) is 399 cm³/mol. The van der Waals surface area contributed by atoms with E-state index in [1.807, 2.05) is 102 Å². The van der Waals surface area contributed by atoms with Gasteiger partial charge in [0, 0.05) is 28.9 Å². The highest BCUT2D eigenvalue weighted by molar-refractivity contribution is 6.42. The lowest BCUT2D eigenvalue weighted by Gasteiger charge is -2.34. The molecule has 0 aliphatic carbocycles. The molecule has 1 heterocycles. The Labute approximate surface area is 600 Å². The Bertz CT molecular complexity index is 3270. The minimum atomic E-state index is -1.50. The third-order valence-electron chi connectivity index (χ3n) is 17.9. The molecule has 0 aliphatic rings. The fourth-order valence-electron chi connectivity index (χ4n) is 11.0. The van der Waals surface area contributed by atoms with Crippen molar-refractivity contribution < 1.29 is 63.0 Å². The zero-order valence-electron chi connectivity index (χ0n) is 63.0. The number of unbranched alkanes of at least 4 members (excludes halogenated alkanes) is 5. The summed E-state index contributed by atoms with van der Waals surface area (Å²) in [5.74, 6) is 7.57. The number of hydrogen-bond acceptors (Lipinski definition) is 19. The number of nitrogens with one attached hydrogen (secondary N) is 7. The summed E-state index contributed by atoms with van der Waals surface area (Å²) in [4.78, 5) is 140. The number of phenolic OH excluding ortho intramolecular Hbond substituents is 1. The summed E-state index contributed by atoms with van der Waals surface area (Å²) in [5.41, 5.74) is 11.3. The molecule has 4 rings (SSSR count). The number of phenols is 1. The monoisotopic (exact) mass is 1410 g/mol. The number of aromatic amines is 1. The first-order valence-electron chi connectivity index (χ1n) is 35.7. The number of amides is 3. The second kappa shape index (κ2) is 47.4. The molecule has 0 spiro atoms. The highest BCUT2D eigenvalue weighted by atomic mass is 16.3. The number of nitrogens with two attached hydrogens (primary N) is 3. The summed E-state index contributed by atoms with van der Waals surface area (Å²) < 4.78 is 0. The van der Waals surface area contributed by atoms with Crippen LogP contribution in [-0.4, -0.2) is 133 Å². The van der Waals surface area contributed by atoms with Gasteiger partial charge in [-0.05, 0) is 193 Å². The number of carbonyl (C=O) groups excluding carboxylic acids is 11. The minimum Gasteiger partial charge on any atom is -0.508 e. The lowest BCUT2D eigenvalue weighted by molar-refractivity contribution is -0.142. The maximum Gasteiger partial charge on any atom is 0.239 e. The van der Waals surface area contributed by atoms with Crippen LogP contribution in [0.1, 0.15) is 211 Å². The molecule has 562 valence electrons. The summed E-state index contributed by atoms with van der Waals surface area (Å²) in [5, 5.41) is 32.8. The molecule has 3 amide bonds. The Morgan fingerprint density at radius 1 is 0.564 bits per heavy atom. The Balaban J connectivity index is 0.000000978. The predicted octanol–water partition coefficient (Wildman–Crippen LogP) is 8.70. The number of fused-ring (bicyclic) bond motifs is 1. The van der Waals surface area contributed by atoms with Gasteiger partial charge in [-0.1, -0.05) is 141 Å². The van der Waals surface area contributed by atoms with Crippen LogP contribution in [0.2, 0.25) is 0 Å². The van der Waals surface area contributed by atoms with Gasteiger partial charge < -0.3 is 36.4 Å². The van der Waals surface area contributed by atoms with E-state index in [1.165, 1.54) is 46.8 Å². The van der Waals surface area contributed by atoms with E-state index in [1.54, 1.807) is 32.9 Å². The maximum atomic E-state index is 13.8. The van der Waals surface area contributed by atoms with Crippen LogP contribution in [0.15, 0.2) is 97.2 Å². The molecule has 1 aromatic heterocycles. The molecule has 0 aliphatic heterocycles. The van der Waals surface area contributed by atoms with E-state index in [9.17, 15) is 63.0 Å². The zero-order chi connectivity index (χ0) is 76.7. The van der Waals surface area contributed by atoms with Crippen LogP contribution in [0.5, 0.6) is 5.75 Å². The van der Waals surface area contributed by atoms with Crippen LogP contribution >= 0.6 is 0 Å². The molecule has 3 aromatic carbocycles. The number of carbonyl (C=O) groups is 11. The fraction of sp³-hybridized carbons (Fsp3) is 0.577. The van der Waals surface area contributed by atoms with E-state index in [4.69, 9.17) is 17.4 Å². The number of Topliss-reactive ketones (excluding diaryl/α,β-unsaturated/α-hetero) is 8. The van der Waals surface area contributed by atoms with Crippen molar-refractivity contribution in [1.29, 1.82) is 0 Å². The molecule has 0 bridgehead atoms. The Morgan fingerprint density at radius 2 is 1.08 bits per heavy atom. The molecule has 0 saturated carbocycles. The van der Waals surface area contributed by atoms with E-state index in [2.05, 4.69) is 63.1 Å². The van der Waals surface area contributed by atoms with Gasteiger partial charge in [-0.25, -0.2) is 10.9 Å².